The van der Waals surface area contributed by atoms with Crippen LogP contribution in [0.1, 0.15) is 20.3 Å². The van der Waals surface area contributed by atoms with Crippen molar-refractivity contribution in [3.05, 3.63) is 10.6 Å². The van der Waals surface area contributed by atoms with Crippen LogP contribution >= 0.6 is 11.8 Å². The summed E-state index contributed by atoms with van der Waals surface area (Å²) in [6.45, 7) is 6.82. The monoisotopic (exact) mass is 559 g/mol. The summed E-state index contributed by atoms with van der Waals surface area (Å²) in [5.74, 6) is -2.32. The van der Waals surface area contributed by atoms with Crippen molar-refractivity contribution in [2.45, 2.75) is 43.6 Å². The number of likely N-dealkylation sites (N-methyl/N-ethyl adjacent to an activating group) is 1. The van der Waals surface area contributed by atoms with Gasteiger partial charge in [-0.3, -0.25) is 9.59 Å². The van der Waals surface area contributed by atoms with Gasteiger partial charge in [-0.05, 0) is 20.4 Å². The molecule has 0 aromatic carbocycles. The number of piperazine rings is 1. The van der Waals surface area contributed by atoms with Crippen molar-refractivity contribution in [3.63, 3.8) is 0 Å². The van der Waals surface area contributed by atoms with Crippen molar-refractivity contribution >= 4 is 39.8 Å². The Morgan fingerprint density at radius 3 is 2.62 bits per heavy atom. The van der Waals surface area contributed by atoms with E-state index in [0.717, 1.165) is 0 Å². The van der Waals surface area contributed by atoms with E-state index in [4.69, 9.17) is 0 Å². The van der Waals surface area contributed by atoms with Crippen LogP contribution < -0.4 is 26.0 Å². The number of carbonyl (C=O) groups excluding carboxylic acids is 2. The molecule has 37 heavy (non-hydrogen) atoms. The number of amides is 2. The third-order valence-corrected chi connectivity index (χ3v) is 10.5. The van der Waals surface area contributed by atoms with Crippen molar-refractivity contribution < 1.29 is 27.9 Å². The van der Waals surface area contributed by atoms with E-state index in [-0.39, 0.29) is 53.9 Å². The standard InChI is InChI=1S/C22H37N7O6S2/c1-12-18-17(13(2)27-16(30)11-23-3)21(31)29(18)19(22(32)33)20(12)36-15-8-14(25-10-15)9-26-37(34,35)28-6-4-24-5-7-28/h12-15,17-18,23-26H,4-11H2,1-3H3,(H,27,30)(H,32,33)/t12-,13-,14+,15+,17-,18+/m1/s1. The average molecular weight is 560 g/mol. The van der Waals surface area contributed by atoms with E-state index in [2.05, 4.69) is 26.0 Å². The maximum atomic E-state index is 13.0. The molecule has 0 aliphatic carbocycles. The van der Waals surface area contributed by atoms with Crippen LogP contribution in [0.4, 0.5) is 0 Å². The highest BCUT2D eigenvalue weighted by molar-refractivity contribution is 8.03. The van der Waals surface area contributed by atoms with Crippen LogP contribution in [0, 0.1) is 11.8 Å². The molecule has 0 aromatic rings. The molecule has 3 fully saturated rings. The number of hydrogen-bond acceptors (Lipinski definition) is 9. The van der Waals surface area contributed by atoms with E-state index in [1.165, 1.54) is 21.0 Å². The van der Waals surface area contributed by atoms with Crippen LogP contribution in [0.3, 0.4) is 0 Å². The van der Waals surface area contributed by atoms with E-state index < -0.39 is 28.1 Å². The SMILES string of the molecule is CNCC(=O)N[C@H](C)[C@H]1C(=O)N2C(C(=O)O)=C(S[C@@H]3CN[C@H](CNS(=O)(=O)N4CCNCC4)C3)[C@H](C)[C@@H]12. The lowest BCUT2D eigenvalue weighted by Gasteiger charge is -2.47. The molecule has 0 saturated carbocycles. The minimum absolute atomic E-state index is 0.0281. The Balaban J connectivity index is 1.36. The highest BCUT2D eigenvalue weighted by Gasteiger charge is 2.60. The van der Waals surface area contributed by atoms with Gasteiger partial charge in [0.05, 0.1) is 18.5 Å². The summed E-state index contributed by atoms with van der Waals surface area (Å²) in [6.07, 6.45) is 0.663. The molecule has 0 unspecified atom stereocenters. The van der Waals surface area contributed by atoms with Gasteiger partial charge in [-0.2, -0.15) is 12.7 Å². The molecule has 15 heteroatoms. The second-order valence-electron chi connectivity index (χ2n) is 10.0. The number of nitrogens with one attached hydrogen (secondary N) is 5. The predicted molar refractivity (Wildman–Crippen MR) is 139 cm³/mol. The Kier molecular flexibility index (Phi) is 8.82. The number of hydrogen-bond donors (Lipinski definition) is 6. The van der Waals surface area contributed by atoms with Gasteiger partial charge in [0.1, 0.15) is 5.70 Å². The minimum atomic E-state index is -3.55. The summed E-state index contributed by atoms with van der Waals surface area (Å²) < 4.78 is 29.3. The fraction of sp³-hybridized carbons (Fsp3) is 0.773. The van der Waals surface area contributed by atoms with Gasteiger partial charge >= 0.3 is 5.97 Å². The van der Waals surface area contributed by atoms with Gasteiger partial charge in [-0.15, -0.1) is 11.8 Å². The smallest absolute Gasteiger partial charge is 0.353 e. The Morgan fingerprint density at radius 1 is 1.27 bits per heavy atom. The Morgan fingerprint density at radius 2 is 1.97 bits per heavy atom. The summed E-state index contributed by atoms with van der Waals surface area (Å²) >= 11 is 1.46. The normalized spacial score (nSPS) is 31.3. The van der Waals surface area contributed by atoms with Gasteiger partial charge in [0.15, 0.2) is 0 Å². The van der Waals surface area contributed by atoms with Gasteiger partial charge in [0, 0.05) is 67.4 Å². The number of carbonyl (C=O) groups is 3. The summed E-state index contributed by atoms with van der Waals surface area (Å²) in [5.41, 5.74) is 0.0281. The van der Waals surface area contributed by atoms with E-state index in [9.17, 15) is 27.9 Å². The predicted octanol–water partition coefficient (Wildman–Crippen LogP) is -2.31. The quantitative estimate of drug-likeness (QED) is 0.151. The molecule has 3 saturated heterocycles. The average Bonchev–Trinajstić information content (AvgIpc) is 3.39. The molecule has 0 spiro atoms. The number of thioether (sulfide) groups is 1. The minimum Gasteiger partial charge on any atom is -0.477 e. The van der Waals surface area contributed by atoms with Gasteiger partial charge in [-0.1, -0.05) is 6.92 Å². The molecule has 208 valence electrons. The fourth-order valence-corrected chi connectivity index (χ4v) is 8.42. The summed E-state index contributed by atoms with van der Waals surface area (Å²) in [5, 5.41) is 22.1. The lowest BCUT2D eigenvalue weighted by atomic mass is 9.78. The van der Waals surface area contributed by atoms with Crippen LogP contribution in [0.15, 0.2) is 10.6 Å². The molecule has 0 bridgehead atoms. The molecule has 2 amide bonds. The van der Waals surface area contributed by atoms with Gasteiger partial charge in [-0.25, -0.2) is 9.52 Å². The first-order valence-electron chi connectivity index (χ1n) is 12.6. The second kappa shape index (κ2) is 11.6. The van der Waals surface area contributed by atoms with E-state index in [1.807, 2.05) is 6.92 Å². The zero-order valence-corrected chi connectivity index (χ0v) is 23.0. The van der Waals surface area contributed by atoms with Gasteiger partial charge < -0.3 is 31.3 Å². The number of rotatable bonds is 11. The molecule has 13 nitrogen and oxygen atoms in total. The van der Waals surface area contributed by atoms with Crippen LogP contribution in [0.25, 0.3) is 0 Å². The van der Waals surface area contributed by atoms with E-state index >= 15 is 0 Å². The number of fused-ring (bicyclic) bond motifs is 1. The number of carboxylic acids is 1. The van der Waals surface area contributed by atoms with Crippen LogP contribution in [-0.4, -0.2) is 117 Å². The van der Waals surface area contributed by atoms with Gasteiger partial charge in [0.2, 0.25) is 11.8 Å². The molecule has 6 N–H and O–H groups in total. The zero-order chi connectivity index (χ0) is 26.9. The first kappa shape index (κ1) is 28.3. The molecule has 4 aliphatic rings. The van der Waals surface area contributed by atoms with Crippen molar-refractivity contribution in [2.24, 2.45) is 11.8 Å². The zero-order valence-electron chi connectivity index (χ0n) is 21.3. The summed E-state index contributed by atoms with van der Waals surface area (Å²) in [4.78, 5) is 39.2. The topological polar surface area (TPSA) is 172 Å². The highest BCUT2D eigenvalue weighted by atomic mass is 32.2. The molecular weight excluding hydrogens is 522 g/mol. The number of β-lactam (4-membered cyclic amide) rings is 1. The first-order chi connectivity index (χ1) is 17.5. The molecule has 6 atom stereocenters. The lowest BCUT2D eigenvalue weighted by molar-refractivity contribution is -0.158. The Bertz CT molecular complexity index is 1050. The van der Waals surface area contributed by atoms with E-state index in [0.29, 0.717) is 44.0 Å². The summed E-state index contributed by atoms with van der Waals surface area (Å²) in [6, 6.07) is -0.811. The molecule has 0 radical (unpaired) electrons. The number of carboxylic acid groups (broad SMARTS) is 1. The summed E-state index contributed by atoms with van der Waals surface area (Å²) in [7, 11) is -1.88. The second-order valence-corrected chi connectivity index (χ2v) is 13.1. The third kappa shape index (κ3) is 5.82. The van der Waals surface area contributed by atoms with Crippen LogP contribution in [0.2, 0.25) is 0 Å². The van der Waals surface area contributed by atoms with Crippen molar-refractivity contribution in [1.82, 2.24) is 35.2 Å². The molecule has 4 heterocycles. The van der Waals surface area contributed by atoms with Crippen molar-refractivity contribution in [2.75, 3.05) is 52.9 Å². The molecule has 4 aliphatic heterocycles. The molecule has 4 rings (SSSR count). The Hall–Kier alpha value is -1.75. The largest absolute Gasteiger partial charge is 0.477 e. The maximum absolute atomic E-state index is 13.0. The van der Waals surface area contributed by atoms with Crippen molar-refractivity contribution in [3.8, 4) is 0 Å². The van der Waals surface area contributed by atoms with Crippen LogP contribution in [-0.2, 0) is 24.6 Å². The number of nitrogens with zero attached hydrogens (tertiary/aromatic N) is 2. The van der Waals surface area contributed by atoms with Gasteiger partial charge in [0.25, 0.3) is 10.2 Å². The molecule has 0 aromatic heterocycles. The van der Waals surface area contributed by atoms with Crippen molar-refractivity contribution in [1.29, 1.82) is 0 Å². The first-order valence-corrected chi connectivity index (χ1v) is 15.0. The molecular formula is C22H37N7O6S2. The van der Waals surface area contributed by atoms with Crippen LogP contribution in [0.5, 0.6) is 0 Å². The number of aliphatic carboxylic acids is 1. The highest BCUT2D eigenvalue weighted by Crippen LogP contribution is 2.51. The fourth-order valence-electron chi connectivity index (χ4n) is 5.64. The Labute approximate surface area is 221 Å². The third-order valence-electron chi connectivity index (χ3n) is 7.46. The van der Waals surface area contributed by atoms with E-state index in [1.54, 1.807) is 14.0 Å². The maximum Gasteiger partial charge on any atom is 0.353 e. The lowest BCUT2D eigenvalue weighted by Crippen LogP contribution is -2.66.